The molecule has 0 bridgehead atoms. The molecular formula is C27H29F3N2O5. The Morgan fingerprint density at radius 3 is 2.51 bits per heavy atom. The molecule has 7 nitrogen and oxygen atoms in total. The summed E-state index contributed by atoms with van der Waals surface area (Å²) in [4.78, 5) is 13.3. The molecule has 1 aliphatic heterocycles. The van der Waals surface area contributed by atoms with E-state index in [1.54, 1.807) is 4.57 Å². The van der Waals surface area contributed by atoms with E-state index in [1.165, 1.54) is 30.3 Å². The average molecular weight is 519 g/mol. The molecule has 10 heteroatoms. The number of aliphatic hydroxyl groups is 2. The van der Waals surface area contributed by atoms with Crippen LogP contribution in [0.25, 0.3) is 10.9 Å². The van der Waals surface area contributed by atoms with Crippen LogP contribution >= 0.6 is 0 Å². The molecule has 37 heavy (non-hydrogen) atoms. The number of aromatic nitrogens is 1. The molecule has 1 fully saturated rings. The number of aliphatic hydroxyl groups excluding tert-OH is 2. The zero-order valence-electron chi connectivity index (χ0n) is 20.8. The van der Waals surface area contributed by atoms with E-state index in [1.807, 2.05) is 26.8 Å². The van der Waals surface area contributed by atoms with Crippen LogP contribution in [0.4, 0.5) is 18.9 Å². The van der Waals surface area contributed by atoms with Gasteiger partial charge in [0.15, 0.2) is 11.5 Å². The molecule has 1 saturated carbocycles. The van der Waals surface area contributed by atoms with Crippen LogP contribution in [0.5, 0.6) is 11.5 Å². The first-order chi connectivity index (χ1) is 17.4. The molecule has 198 valence electrons. The van der Waals surface area contributed by atoms with Crippen molar-refractivity contribution in [3.8, 4) is 11.5 Å². The van der Waals surface area contributed by atoms with Gasteiger partial charge in [0.25, 0.3) is 0 Å². The summed E-state index contributed by atoms with van der Waals surface area (Å²) in [5.41, 5.74) is 0.101. The number of halogens is 3. The van der Waals surface area contributed by atoms with Gasteiger partial charge in [-0.05, 0) is 49.1 Å². The van der Waals surface area contributed by atoms with E-state index in [4.69, 9.17) is 0 Å². The van der Waals surface area contributed by atoms with Gasteiger partial charge in [-0.1, -0.05) is 26.8 Å². The fourth-order valence-electron chi connectivity index (χ4n) is 4.82. The van der Waals surface area contributed by atoms with Crippen molar-refractivity contribution < 1.29 is 37.7 Å². The third-order valence-corrected chi connectivity index (χ3v) is 7.33. The van der Waals surface area contributed by atoms with Crippen molar-refractivity contribution in [1.29, 1.82) is 0 Å². The summed E-state index contributed by atoms with van der Waals surface area (Å²) in [5.74, 6) is -1.36. The predicted molar refractivity (Wildman–Crippen MR) is 130 cm³/mol. The molecule has 2 heterocycles. The summed E-state index contributed by atoms with van der Waals surface area (Å²) >= 11 is 0. The Morgan fingerprint density at radius 1 is 1.16 bits per heavy atom. The summed E-state index contributed by atoms with van der Waals surface area (Å²) in [6.45, 7) is 5.64. The van der Waals surface area contributed by atoms with Gasteiger partial charge in [-0.2, -0.15) is 0 Å². The van der Waals surface area contributed by atoms with E-state index < -0.39 is 35.0 Å². The van der Waals surface area contributed by atoms with Gasteiger partial charge >= 0.3 is 6.29 Å². The Morgan fingerprint density at radius 2 is 1.86 bits per heavy atom. The number of carbonyl (C=O) groups is 1. The maximum Gasteiger partial charge on any atom is 0.586 e. The van der Waals surface area contributed by atoms with Gasteiger partial charge < -0.3 is 29.6 Å². The van der Waals surface area contributed by atoms with E-state index >= 15 is 4.39 Å². The molecule has 3 aromatic rings. The Hall–Kier alpha value is -3.24. The van der Waals surface area contributed by atoms with Crippen molar-refractivity contribution in [2.24, 2.45) is 0 Å². The number of carbonyl (C=O) groups excluding carboxylic acids is 1. The largest absolute Gasteiger partial charge is 0.586 e. The van der Waals surface area contributed by atoms with Crippen LogP contribution in [0.2, 0.25) is 0 Å². The Kier molecular flexibility index (Phi) is 5.95. The summed E-state index contributed by atoms with van der Waals surface area (Å²) < 4.78 is 52.9. The molecule has 2 aromatic carbocycles. The van der Waals surface area contributed by atoms with E-state index in [0.717, 1.165) is 5.69 Å². The highest BCUT2D eigenvalue weighted by Crippen LogP contribution is 2.52. The van der Waals surface area contributed by atoms with Gasteiger partial charge in [-0.3, -0.25) is 4.79 Å². The van der Waals surface area contributed by atoms with Crippen molar-refractivity contribution in [1.82, 2.24) is 4.57 Å². The molecule has 1 aromatic heterocycles. The maximum atomic E-state index is 15.3. The number of hydrogen-bond acceptors (Lipinski definition) is 5. The van der Waals surface area contributed by atoms with Crippen LogP contribution in [0, 0.1) is 5.82 Å². The van der Waals surface area contributed by atoms with Gasteiger partial charge in [0.2, 0.25) is 5.91 Å². The fourth-order valence-corrected chi connectivity index (χ4v) is 4.82. The number of ether oxygens (including phenoxy) is 2. The first-order valence-electron chi connectivity index (χ1n) is 12.2. The molecular weight excluding hydrogens is 489 g/mol. The number of nitrogens with one attached hydrogen (secondary N) is 1. The molecule has 0 saturated heterocycles. The maximum absolute atomic E-state index is 15.3. The standard InChI is InChI=1S/C27H29F3N2O5/c1-4-17(34)13-32-20-12-18(28)19(9-15(20)10-23(32)25(2,3)14-33)31-24(35)26(7-8-26)16-5-6-21-22(11-16)37-27(29,30)36-21/h5-6,9-12,17,33-34H,4,7-8,13-14H2,1-3H3,(H,31,35)/t17-/m0/s1. The topological polar surface area (TPSA) is 93.0 Å². The second-order valence-electron chi connectivity index (χ2n) is 10.5. The highest BCUT2D eigenvalue weighted by Gasteiger charge is 2.53. The smallest absolute Gasteiger partial charge is 0.395 e. The molecule has 0 radical (unpaired) electrons. The van der Waals surface area contributed by atoms with Gasteiger partial charge in [-0.15, -0.1) is 8.78 Å². The van der Waals surface area contributed by atoms with Crippen molar-refractivity contribution in [3.63, 3.8) is 0 Å². The van der Waals surface area contributed by atoms with Crippen LogP contribution in [-0.4, -0.2) is 39.7 Å². The molecule has 1 atom stereocenters. The molecule has 1 amide bonds. The van der Waals surface area contributed by atoms with E-state index in [0.29, 0.717) is 35.7 Å². The van der Waals surface area contributed by atoms with Crippen LogP contribution in [0.15, 0.2) is 36.4 Å². The monoisotopic (exact) mass is 518 g/mol. The molecule has 5 rings (SSSR count). The van der Waals surface area contributed by atoms with Gasteiger partial charge in [0.05, 0.1) is 29.3 Å². The molecule has 0 spiro atoms. The number of anilines is 1. The summed E-state index contributed by atoms with van der Waals surface area (Å²) in [7, 11) is 0. The van der Waals surface area contributed by atoms with Crippen molar-refractivity contribution >= 4 is 22.5 Å². The lowest BCUT2D eigenvalue weighted by Gasteiger charge is -2.25. The Labute approximate surface area is 211 Å². The SMILES string of the molecule is CC[C@H](O)Cn1c(C(C)(C)CO)cc2cc(NC(=O)C3(c4ccc5c(c4)OC(F)(F)O5)CC3)c(F)cc21. The Balaban J connectivity index is 1.46. The van der Waals surface area contributed by atoms with Gasteiger partial charge in [-0.25, -0.2) is 4.39 Å². The third kappa shape index (κ3) is 4.42. The van der Waals surface area contributed by atoms with E-state index in [2.05, 4.69) is 14.8 Å². The number of rotatable bonds is 8. The second kappa shape index (κ2) is 8.66. The van der Waals surface area contributed by atoms with Crippen LogP contribution < -0.4 is 14.8 Å². The van der Waals surface area contributed by atoms with E-state index in [-0.39, 0.29) is 30.3 Å². The van der Waals surface area contributed by atoms with Crippen molar-refractivity contribution in [3.05, 3.63) is 53.5 Å². The lowest BCUT2D eigenvalue weighted by Crippen LogP contribution is -2.28. The highest BCUT2D eigenvalue weighted by atomic mass is 19.3. The van der Waals surface area contributed by atoms with Crippen LogP contribution in [0.3, 0.4) is 0 Å². The van der Waals surface area contributed by atoms with Gasteiger partial charge in [0.1, 0.15) is 5.82 Å². The van der Waals surface area contributed by atoms with Crippen LogP contribution in [0.1, 0.15) is 51.3 Å². The van der Waals surface area contributed by atoms with Gasteiger partial charge in [0, 0.05) is 29.1 Å². The summed E-state index contributed by atoms with van der Waals surface area (Å²) in [6, 6.07) is 8.91. The minimum atomic E-state index is -3.76. The number of nitrogens with zero attached hydrogens (tertiary/aromatic N) is 1. The number of fused-ring (bicyclic) bond motifs is 2. The number of benzene rings is 2. The predicted octanol–water partition coefficient (Wildman–Crippen LogP) is 4.81. The first-order valence-corrected chi connectivity index (χ1v) is 12.2. The quantitative estimate of drug-likeness (QED) is 0.398. The number of amides is 1. The zero-order chi connectivity index (χ0) is 26.8. The first kappa shape index (κ1) is 25.4. The number of alkyl halides is 2. The molecule has 3 N–H and O–H groups in total. The normalized spacial score (nSPS) is 18.2. The summed E-state index contributed by atoms with van der Waals surface area (Å²) in [5, 5.41) is 23.6. The number of hydrogen-bond donors (Lipinski definition) is 3. The van der Waals surface area contributed by atoms with Crippen LogP contribution in [-0.2, 0) is 22.2 Å². The fraction of sp³-hybridized carbons (Fsp3) is 0.444. The van der Waals surface area contributed by atoms with E-state index in [9.17, 15) is 23.8 Å². The molecule has 1 aliphatic carbocycles. The minimum absolute atomic E-state index is 0.0161. The average Bonchev–Trinajstić information content (AvgIpc) is 3.50. The molecule has 2 aliphatic rings. The lowest BCUT2D eigenvalue weighted by atomic mass is 9.90. The highest BCUT2D eigenvalue weighted by molar-refractivity contribution is 6.02. The minimum Gasteiger partial charge on any atom is -0.395 e. The van der Waals surface area contributed by atoms with Crippen molar-refractivity contribution in [2.75, 3.05) is 11.9 Å². The Bertz CT molecular complexity index is 1380. The van der Waals surface area contributed by atoms with Crippen molar-refractivity contribution in [2.45, 2.75) is 69.8 Å². The lowest BCUT2D eigenvalue weighted by molar-refractivity contribution is -0.286. The molecule has 0 unspecified atom stereocenters. The second-order valence-corrected chi connectivity index (χ2v) is 10.5. The zero-order valence-corrected chi connectivity index (χ0v) is 20.8. The summed E-state index contributed by atoms with van der Waals surface area (Å²) in [6.07, 6.45) is -2.96. The third-order valence-electron chi connectivity index (χ3n) is 7.33.